The van der Waals surface area contributed by atoms with Crippen molar-refractivity contribution in [2.75, 3.05) is 38.8 Å². The highest BCUT2D eigenvalue weighted by atomic mass is 16.5. The fourth-order valence-corrected chi connectivity index (χ4v) is 5.96. The molecule has 30 heavy (non-hydrogen) atoms. The van der Waals surface area contributed by atoms with Gasteiger partial charge in [0, 0.05) is 44.9 Å². The SMILES string of the molecule is COCc1cc(N2C[C@@H]3C[C@H](C2)[C@@H]2CCC[C@H](c4ccc(OC)cc4)N2C3)ncn1. The Balaban J connectivity index is 1.34. The van der Waals surface area contributed by atoms with E-state index in [1.54, 1.807) is 20.5 Å². The van der Waals surface area contributed by atoms with Crippen LogP contribution in [0.3, 0.4) is 0 Å². The Morgan fingerprint density at radius 3 is 2.70 bits per heavy atom. The first-order valence-corrected chi connectivity index (χ1v) is 11.2. The van der Waals surface area contributed by atoms with Crippen LogP contribution in [0, 0.1) is 11.8 Å². The van der Waals surface area contributed by atoms with Crippen molar-refractivity contribution in [1.82, 2.24) is 14.9 Å². The largest absolute Gasteiger partial charge is 0.497 e. The number of anilines is 1. The Kier molecular flexibility index (Phi) is 5.61. The van der Waals surface area contributed by atoms with Gasteiger partial charge in [0.25, 0.3) is 0 Å². The van der Waals surface area contributed by atoms with Gasteiger partial charge in [-0.15, -0.1) is 0 Å². The van der Waals surface area contributed by atoms with Crippen LogP contribution in [0.5, 0.6) is 5.75 Å². The van der Waals surface area contributed by atoms with Crippen LogP contribution >= 0.6 is 0 Å². The van der Waals surface area contributed by atoms with E-state index in [0.29, 0.717) is 30.5 Å². The third kappa shape index (κ3) is 3.79. The molecule has 3 aliphatic rings. The van der Waals surface area contributed by atoms with Crippen LogP contribution in [0.15, 0.2) is 36.7 Å². The summed E-state index contributed by atoms with van der Waals surface area (Å²) in [4.78, 5) is 14.3. The Bertz CT molecular complexity index is 859. The molecule has 0 radical (unpaired) electrons. The minimum atomic E-state index is 0.538. The molecule has 4 heterocycles. The van der Waals surface area contributed by atoms with E-state index in [-0.39, 0.29) is 0 Å². The van der Waals surface area contributed by atoms with Crippen molar-refractivity contribution >= 4 is 5.82 Å². The van der Waals surface area contributed by atoms with Gasteiger partial charge >= 0.3 is 0 Å². The summed E-state index contributed by atoms with van der Waals surface area (Å²) in [5.41, 5.74) is 2.40. The molecule has 0 amide bonds. The molecular weight excluding hydrogens is 376 g/mol. The molecule has 5 rings (SSSR count). The quantitative estimate of drug-likeness (QED) is 0.752. The Morgan fingerprint density at radius 2 is 1.90 bits per heavy atom. The lowest BCUT2D eigenvalue weighted by molar-refractivity contribution is -0.0201. The predicted molar refractivity (Wildman–Crippen MR) is 117 cm³/mol. The second-order valence-corrected chi connectivity index (χ2v) is 9.05. The molecule has 2 aromatic rings. The number of hydrogen-bond donors (Lipinski definition) is 0. The summed E-state index contributed by atoms with van der Waals surface area (Å²) in [7, 11) is 3.45. The van der Waals surface area contributed by atoms with Crippen molar-refractivity contribution in [2.45, 2.75) is 44.4 Å². The fraction of sp³-hybridized carbons (Fsp3) is 0.583. The second-order valence-electron chi connectivity index (χ2n) is 9.05. The molecule has 0 spiro atoms. The molecule has 0 saturated carbocycles. The van der Waals surface area contributed by atoms with Crippen LogP contribution in [-0.4, -0.2) is 54.8 Å². The summed E-state index contributed by atoms with van der Waals surface area (Å²) in [6.45, 7) is 3.90. The number of rotatable bonds is 5. The van der Waals surface area contributed by atoms with Crippen LogP contribution in [-0.2, 0) is 11.3 Å². The summed E-state index contributed by atoms with van der Waals surface area (Å²) in [6, 6.07) is 12.1. The lowest BCUT2D eigenvalue weighted by atomic mass is 9.74. The van der Waals surface area contributed by atoms with Gasteiger partial charge in [0.05, 0.1) is 19.4 Å². The van der Waals surface area contributed by atoms with Gasteiger partial charge in [-0.25, -0.2) is 9.97 Å². The van der Waals surface area contributed by atoms with Gasteiger partial charge in [-0.1, -0.05) is 12.1 Å². The summed E-state index contributed by atoms with van der Waals surface area (Å²) < 4.78 is 10.6. The maximum Gasteiger partial charge on any atom is 0.132 e. The number of piperidine rings is 3. The van der Waals surface area contributed by atoms with E-state index in [9.17, 15) is 0 Å². The van der Waals surface area contributed by atoms with Crippen molar-refractivity contribution in [3.8, 4) is 5.75 Å². The molecule has 0 unspecified atom stereocenters. The normalized spacial score (nSPS) is 28.8. The predicted octanol–water partition coefficient (Wildman–Crippen LogP) is 3.68. The first-order valence-electron chi connectivity index (χ1n) is 11.2. The zero-order valence-electron chi connectivity index (χ0n) is 18.0. The molecule has 1 aromatic carbocycles. The number of ether oxygens (including phenoxy) is 2. The highest BCUT2D eigenvalue weighted by Crippen LogP contribution is 2.45. The topological polar surface area (TPSA) is 50.7 Å². The van der Waals surface area contributed by atoms with Crippen molar-refractivity contribution < 1.29 is 9.47 Å². The Hall–Kier alpha value is -2.18. The van der Waals surface area contributed by atoms with Gasteiger partial charge in [0.2, 0.25) is 0 Å². The molecular formula is C24H32N4O2. The molecule has 3 saturated heterocycles. The highest BCUT2D eigenvalue weighted by molar-refractivity contribution is 5.40. The van der Waals surface area contributed by atoms with Crippen LogP contribution in [0.1, 0.15) is 43.0 Å². The molecule has 0 aliphatic carbocycles. The number of methoxy groups -OCH3 is 2. The first-order chi connectivity index (χ1) is 14.7. The monoisotopic (exact) mass is 408 g/mol. The highest BCUT2D eigenvalue weighted by Gasteiger charge is 2.45. The van der Waals surface area contributed by atoms with Gasteiger partial charge in [-0.05, 0) is 55.2 Å². The summed E-state index contributed by atoms with van der Waals surface area (Å²) in [6.07, 6.45) is 6.92. The van der Waals surface area contributed by atoms with Gasteiger partial charge < -0.3 is 14.4 Å². The van der Waals surface area contributed by atoms with Gasteiger partial charge in [-0.2, -0.15) is 0 Å². The number of benzene rings is 1. The summed E-state index contributed by atoms with van der Waals surface area (Å²) >= 11 is 0. The maximum atomic E-state index is 5.36. The van der Waals surface area contributed by atoms with Crippen molar-refractivity contribution in [3.63, 3.8) is 0 Å². The lowest BCUT2D eigenvalue weighted by Gasteiger charge is -2.55. The van der Waals surface area contributed by atoms with Crippen molar-refractivity contribution in [1.29, 1.82) is 0 Å². The minimum absolute atomic E-state index is 0.538. The van der Waals surface area contributed by atoms with Crippen LogP contribution < -0.4 is 9.64 Å². The fourth-order valence-electron chi connectivity index (χ4n) is 5.96. The molecule has 4 atom stereocenters. The van der Waals surface area contributed by atoms with E-state index in [1.165, 1.54) is 37.8 Å². The van der Waals surface area contributed by atoms with Crippen LogP contribution in [0.4, 0.5) is 5.82 Å². The van der Waals surface area contributed by atoms with Crippen molar-refractivity contribution in [3.05, 3.63) is 47.9 Å². The number of fused-ring (bicyclic) bond motifs is 4. The van der Waals surface area contributed by atoms with Crippen molar-refractivity contribution in [2.24, 2.45) is 11.8 Å². The van der Waals surface area contributed by atoms with Gasteiger partial charge in [0.15, 0.2) is 0 Å². The molecule has 2 bridgehead atoms. The maximum absolute atomic E-state index is 5.36. The summed E-state index contributed by atoms with van der Waals surface area (Å²) in [5.74, 6) is 3.40. The van der Waals surface area contributed by atoms with E-state index >= 15 is 0 Å². The zero-order chi connectivity index (χ0) is 20.5. The smallest absolute Gasteiger partial charge is 0.132 e. The van der Waals surface area contributed by atoms with Gasteiger partial charge in [0.1, 0.15) is 17.9 Å². The lowest BCUT2D eigenvalue weighted by Crippen LogP contribution is -2.59. The second kappa shape index (κ2) is 8.52. The van der Waals surface area contributed by atoms with E-state index in [4.69, 9.17) is 9.47 Å². The molecule has 3 aliphatic heterocycles. The molecule has 3 fully saturated rings. The van der Waals surface area contributed by atoms with E-state index in [1.807, 2.05) is 0 Å². The molecule has 0 N–H and O–H groups in total. The molecule has 6 heteroatoms. The first kappa shape index (κ1) is 19.8. The number of aromatic nitrogens is 2. The van der Waals surface area contributed by atoms with E-state index < -0.39 is 0 Å². The average Bonchev–Trinajstić information content (AvgIpc) is 2.79. The Labute approximate surface area is 179 Å². The third-order valence-corrected chi connectivity index (χ3v) is 7.21. The molecule has 6 nitrogen and oxygen atoms in total. The summed E-state index contributed by atoms with van der Waals surface area (Å²) in [5, 5.41) is 0. The standard InChI is InChI=1S/C24H32N4O2/c1-29-15-20-11-24(26-16-25-20)27-12-17-10-19(14-27)23-5-3-4-22(28(23)13-17)18-6-8-21(30-2)9-7-18/h6-9,11,16-17,19,22-23H,3-5,10,12-15H2,1-2H3/t17-,19+,22+,23-/m0/s1. The Morgan fingerprint density at radius 1 is 1.03 bits per heavy atom. The zero-order valence-corrected chi connectivity index (χ0v) is 18.0. The van der Waals surface area contributed by atoms with E-state index in [2.05, 4.69) is 50.1 Å². The third-order valence-electron chi connectivity index (χ3n) is 7.21. The minimum Gasteiger partial charge on any atom is -0.497 e. The van der Waals surface area contributed by atoms with Crippen LogP contribution in [0.25, 0.3) is 0 Å². The number of nitrogens with zero attached hydrogens (tertiary/aromatic N) is 4. The van der Waals surface area contributed by atoms with Gasteiger partial charge in [-0.3, -0.25) is 4.90 Å². The average molecular weight is 409 g/mol. The molecule has 1 aromatic heterocycles. The number of hydrogen-bond acceptors (Lipinski definition) is 6. The van der Waals surface area contributed by atoms with Crippen LogP contribution in [0.2, 0.25) is 0 Å². The molecule has 160 valence electrons. The van der Waals surface area contributed by atoms with E-state index in [0.717, 1.165) is 30.4 Å².